The van der Waals surface area contributed by atoms with Gasteiger partial charge in [-0.25, -0.2) is 0 Å². The number of hydrogen-bond donors (Lipinski definition) is 1. The van der Waals surface area contributed by atoms with E-state index in [1.807, 2.05) is 55.5 Å². The highest BCUT2D eigenvalue weighted by Crippen LogP contribution is 2.23. The van der Waals surface area contributed by atoms with Crippen LogP contribution in [0.25, 0.3) is 21.7 Å². The van der Waals surface area contributed by atoms with Crippen molar-refractivity contribution in [2.24, 2.45) is 0 Å². The number of para-hydroxylation sites is 1. The first-order valence-electron chi connectivity index (χ1n) is 8.44. The van der Waals surface area contributed by atoms with Crippen molar-refractivity contribution < 1.29 is 9.21 Å². The number of amides is 1. The third kappa shape index (κ3) is 3.26. The third-order valence-corrected chi connectivity index (χ3v) is 4.43. The van der Waals surface area contributed by atoms with Gasteiger partial charge in [0.1, 0.15) is 11.3 Å². The van der Waals surface area contributed by atoms with Gasteiger partial charge in [0.05, 0.1) is 12.5 Å². The number of furan rings is 1. The molecule has 0 aliphatic heterocycles. The summed E-state index contributed by atoms with van der Waals surface area (Å²) in [6, 6.07) is 24.0. The van der Waals surface area contributed by atoms with Gasteiger partial charge in [-0.05, 0) is 35.4 Å². The van der Waals surface area contributed by atoms with E-state index in [0.717, 1.165) is 27.7 Å². The van der Waals surface area contributed by atoms with Gasteiger partial charge in [0.2, 0.25) is 5.91 Å². The molecule has 1 heterocycles. The van der Waals surface area contributed by atoms with Gasteiger partial charge in [0.25, 0.3) is 0 Å². The number of carbonyl (C=O) groups excluding carboxylic acids is 1. The molecule has 0 fully saturated rings. The predicted octanol–water partition coefficient (Wildman–Crippen LogP) is 5.01. The second-order valence-electron chi connectivity index (χ2n) is 6.33. The maximum Gasteiger partial charge on any atom is 0.224 e. The molecule has 0 aliphatic rings. The molecule has 1 aromatic heterocycles. The molecule has 1 amide bonds. The first kappa shape index (κ1) is 15.5. The molecule has 0 unspecified atom stereocenters. The van der Waals surface area contributed by atoms with Crippen molar-refractivity contribution >= 4 is 27.6 Å². The van der Waals surface area contributed by atoms with Crippen molar-refractivity contribution in [2.45, 2.75) is 19.4 Å². The summed E-state index contributed by atoms with van der Waals surface area (Å²) in [6.45, 7) is 1.94. The molecular weight excluding hydrogens is 310 g/mol. The van der Waals surface area contributed by atoms with Gasteiger partial charge in [-0.3, -0.25) is 4.79 Å². The van der Waals surface area contributed by atoms with Crippen LogP contribution in [0.4, 0.5) is 0 Å². The van der Waals surface area contributed by atoms with Gasteiger partial charge in [-0.2, -0.15) is 0 Å². The number of nitrogens with one attached hydrogen (secondary N) is 1. The Bertz CT molecular complexity index is 1010. The first-order valence-corrected chi connectivity index (χ1v) is 8.44. The lowest BCUT2D eigenvalue weighted by Gasteiger charge is -2.11. The average molecular weight is 329 g/mol. The van der Waals surface area contributed by atoms with Gasteiger partial charge in [-0.15, -0.1) is 0 Å². The molecule has 1 atom stereocenters. The molecule has 3 aromatic carbocycles. The zero-order chi connectivity index (χ0) is 17.2. The van der Waals surface area contributed by atoms with Crippen LogP contribution in [-0.4, -0.2) is 5.91 Å². The van der Waals surface area contributed by atoms with Crippen molar-refractivity contribution in [3.63, 3.8) is 0 Å². The molecule has 0 spiro atoms. The minimum atomic E-state index is -0.166. The van der Waals surface area contributed by atoms with Crippen LogP contribution in [-0.2, 0) is 11.2 Å². The Morgan fingerprint density at radius 2 is 1.64 bits per heavy atom. The minimum Gasteiger partial charge on any atom is -0.459 e. The summed E-state index contributed by atoms with van der Waals surface area (Å²) < 4.78 is 5.82. The number of benzene rings is 3. The van der Waals surface area contributed by atoms with Crippen molar-refractivity contribution in [1.29, 1.82) is 0 Å². The molecule has 3 nitrogen and oxygen atoms in total. The normalized spacial score (nSPS) is 12.4. The summed E-state index contributed by atoms with van der Waals surface area (Å²) >= 11 is 0. The van der Waals surface area contributed by atoms with E-state index in [4.69, 9.17) is 4.42 Å². The van der Waals surface area contributed by atoms with Crippen LogP contribution in [0.2, 0.25) is 0 Å². The largest absolute Gasteiger partial charge is 0.459 e. The van der Waals surface area contributed by atoms with Gasteiger partial charge < -0.3 is 9.73 Å². The standard InChI is InChI=1S/C22H19NO2/c1-15(21-14-19-8-4-5-9-20(19)25-21)23-22(24)13-16-10-11-17-6-2-3-7-18(17)12-16/h2-12,14-15H,13H2,1H3,(H,23,24)/t15-/m1/s1. The van der Waals surface area contributed by atoms with Crippen LogP contribution >= 0.6 is 0 Å². The fraction of sp³-hybridized carbons (Fsp3) is 0.136. The maximum atomic E-state index is 12.4. The summed E-state index contributed by atoms with van der Waals surface area (Å²) in [5.41, 5.74) is 1.85. The second kappa shape index (κ2) is 6.44. The van der Waals surface area contributed by atoms with Crippen LogP contribution in [0.1, 0.15) is 24.3 Å². The number of fused-ring (bicyclic) bond motifs is 2. The highest BCUT2D eigenvalue weighted by Gasteiger charge is 2.14. The fourth-order valence-corrected chi connectivity index (χ4v) is 3.11. The lowest BCUT2D eigenvalue weighted by molar-refractivity contribution is -0.121. The molecule has 0 saturated heterocycles. The molecule has 25 heavy (non-hydrogen) atoms. The SMILES string of the molecule is C[C@@H](NC(=O)Cc1ccc2ccccc2c1)c1cc2ccccc2o1. The van der Waals surface area contributed by atoms with Gasteiger partial charge in [0.15, 0.2) is 0 Å². The minimum absolute atomic E-state index is 0.0109. The van der Waals surface area contributed by atoms with Crippen LogP contribution in [0.5, 0.6) is 0 Å². The molecule has 0 aliphatic carbocycles. The molecule has 0 bridgehead atoms. The Hall–Kier alpha value is -3.07. The van der Waals surface area contributed by atoms with Crippen LogP contribution < -0.4 is 5.32 Å². The summed E-state index contributed by atoms with van der Waals surface area (Å²) in [4.78, 5) is 12.4. The van der Waals surface area contributed by atoms with E-state index in [1.54, 1.807) is 0 Å². The van der Waals surface area contributed by atoms with Crippen molar-refractivity contribution in [1.82, 2.24) is 5.32 Å². The topological polar surface area (TPSA) is 42.2 Å². The Morgan fingerprint density at radius 1 is 0.920 bits per heavy atom. The van der Waals surface area contributed by atoms with E-state index in [2.05, 4.69) is 29.6 Å². The predicted molar refractivity (Wildman–Crippen MR) is 100 cm³/mol. The lowest BCUT2D eigenvalue weighted by Crippen LogP contribution is -2.27. The Balaban J connectivity index is 1.46. The van der Waals surface area contributed by atoms with Gasteiger partial charge >= 0.3 is 0 Å². The van der Waals surface area contributed by atoms with Gasteiger partial charge in [-0.1, -0.05) is 60.7 Å². The van der Waals surface area contributed by atoms with Crippen LogP contribution in [0.3, 0.4) is 0 Å². The highest BCUT2D eigenvalue weighted by atomic mass is 16.3. The average Bonchev–Trinajstić information content (AvgIpc) is 3.06. The number of hydrogen-bond acceptors (Lipinski definition) is 2. The molecule has 1 N–H and O–H groups in total. The molecular formula is C22H19NO2. The highest BCUT2D eigenvalue weighted by molar-refractivity contribution is 5.85. The molecule has 0 saturated carbocycles. The van der Waals surface area contributed by atoms with Crippen molar-refractivity contribution in [2.75, 3.05) is 0 Å². The monoisotopic (exact) mass is 329 g/mol. The Kier molecular flexibility index (Phi) is 3.98. The van der Waals surface area contributed by atoms with Crippen molar-refractivity contribution in [3.8, 4) is 0 Å². The molecule has 3 heteroatoms. The number of carbonyl (C=O) groups is 1. The summed E-state index contributed by atoms with van der Waals surface area (Å²) in [7, 11) is 0. The van der Waals surface area contributed by atoms with E-state index in [0.29, 0.717) is 6.42 Å². The quantitative estimate of drug-likeness (QED) is 0.572. The van der Waals surface area contributed by atoms with Crippen molar-refractivity contribution in [3.05, 3.63) is 84.1 Å². The lowest BCUT2D eigenvalue weighted by atomic mass is 10.0. The smallest absolute Gasteiger partial charge is 0.224 e. The summed E-state index contributed by atoms with van der Waals surface area (Å²) in [5.74, 6) is 0.760. The van der Waals surface area contributed by atoms with Crippen LogP contribution in [0.15, 0.2) is 77.2 Å². The third-order valence-electron chi connectivity index (χ3n) is 4.43. The zero-order valence-electron chi connectivity index (χ0n) is 14.0. The van der Waals surface area contributed by atoms with E-state index in [-0.39, 0.29) is 11.9 Å². The molecule has 4 rings (SSSR count). The van der Waals surface area contributed by atoms with Crippen LogP contribution in [0, 0.1) is 0 Å². The van der Waals surface area contributed by atoms with E-state index in [9.17, 15) is 4.79 Å². The van der Waals surface area contributed by atoms with E-state index in [1.165, 1.54) is 5.39 Å². The van der Waals surface area contributed by atoms with Gasteiger partial charge in [0, 0.05) is 5.39 Å². The first-order chi connectivity index (χ1) is 12.2. The second-order valence-corrected chi connectivity index (χ2v) is 6.33. The number of rotatable bonds is 4. The van der Waals surface area contributed by atoms with E-state index < -0.39 is 0 Å². The summed E-state index contributed by atoms with van der Waals surface area (Å²) in [5, 5.41) is 6.40. The summed E-state index contributed by atoms with van der Waals surface area (Å²) in [6.07, 6.45) is 0.357. The molecule has 4 aromatic rings. The molecule has 0 radical (unpaired) electrons. The Labute approximate surface area is 146 Å². The molecule has 124 valence electrons. The Morgan fingerprint density at radius 3 is 2.44 bits per heavy atom. The fourth-order valence-electron chi connectivity index (χ4n) is 3.11. The maximum absolute atomic E-state index is 12.4. The van der Waals surface area contributed by atoms with E-state index >= 15 is 0 Å². The zero-order valence-corrected chi connectivity index (χ0v) is 14.0.